The molecule has 1 N–H and O–H groups in total. The molecule has 0 amide bonds. The molecule has 3 nitrogen and oxygen atoms in total. The van der Waals surface area contributed by atoms with Gasteiger partial charge in [0.25, 0.3) is 0 Å². The first-order chi connectivity index (χ1) is 8.81. The van der Waals surface area contributed by atoms with E-state index in [2.05, 4.69) is 43.0 Å². The maximum Gasteiger partial charge on any atom is 0.137 e. The number of hydrogen-bond acceptors (Lipinski definition) is 3. The maximum absolute atomic E-state index is 6.21. The molecule has 0 saturated heterocycles. The fraction of sp³-hybridized carbons (Fsp3) is 0.733. The van der Waals surface area contributed by atoms with Crippen LogP contribution in [0, 0.1) is 18.3 Å². The lowest BCUT2D eigenvalue weighted by Gasteiger charge is -2.30. The molecule has 19 heavy (non-hydrogen) atoms. The standard InChI is InChI=1S/C15H24ClN3/c1-9(2)15(4,5)8-17-13-10(3)12(16)18-14(19-13)11-6-7-11/h9,11H,6-8H2,1-5H3,(H,17,18,19). The predicted octanol–water partition coefficient (Wildman–Crippen LogP) is 4.41. The largest absolute Gasteiger partial charge is 0.369 e. The summed E-state index contributed by atoms with van der Waals surface area (Å²) in [5.74, 6) is 2.94. The number of nitrogens with one attached hydrogen (secondary N) is 1. The highest BCUT2D eigenvalue weighted by molar-refractivity contribution is 6.30. The second kappa shape index (κ2) is 5.28. The molecule has 0 bridgehead atoms. The Hall–Kier alpha value is -0.830. The van der Waals surface area contributed by atoms with Crippen molar-refractivity contribution in [1.29, 1.82) is 0 Å². The van der Waals surface area contributed by atoms with Gasteiger partial charge in [0.2, 0.25) is 0 Å². The minimum Gasteiger partial charge on any atom is -0.369 e. The number of halogens is 1. The molecule has 1 fully saturated rings. The summed E-state index contributed by atoms with van der Waals surface area (Å²) in [4.78, 5) is 9.04. The number of nitrogens with zero attached hydrogens (tertiary/aromatic N) is 2. The highest BCUT2D eigenvalue weighted by Gasteiger charge is 2.28. The van der Waals surface area contributed by atoms with E-state index in [1.165, 1.54) is 12.8 Å². The Kier molecular flexibility index (Phi) is 4.05. The van der Waals surface area contributed by atoms with Gasteiger partial charge in [-0.2, -0.15) is 0 Å². The molecule has 1 aliphatic rings. The predicted molar refractivity (Wildman–Crippen MR) is 80.9 cm³/mol. The van der Waals surface area contributed by atoms with E-state index >= 15 is 0 Å². The Balaban J connectivity index is 2.15. The van der Waals surface area contributed by atoms with E-state index in [1.54, 1.807) is 0 Å². The fourth-order valence-electron chi connectivity index (χ4n) is 1.72. The molecule has 0 spiro atoms. The van der Waals surface area contributed by atoms with Gasteiger partial charge >= 0.3 is 0 Å². The first kappa shape index (κ1) is 14.6. The van der Waals surface area contributed by atoms with Crippen LogP contribution in [0.1, 0.15) is 57.8 Å². The van der Waals surface area contributed by atoms with Crippen LogP contribution in [-0.2, 0) is 0 Å². The van der Waals surface area contributed by atoms with Crippen LogP contribution < -0.4 is 5.32 Å². The molecule has 0 aliphatic heterocycles. The Morgan fingerprint density at radius 2 is 1.95 bits per heavy atom. The monoisotopic (exact) mass is 281 g/mol. The van der Waals surface area contributed by atoms with E-state index in [-0.39, 0.29) is 5.41 Å². The quantitative estimate of drug-likeness (QED) is 0.813. The number of aromatic nitrogens is 2. The minimum atomic E-state index is 0.226. The number of hydrogen-bond donors (Lipinski definition) is 1. The van der Waals surface area contributed by atoms with Gasteiger partial charge in [-0.05, 0) is 31.1 Å². The van der Waals surface area contributed by atoms with Crippen molar-refractivity contribution in [3.63, 3.8) is 0 Å². The first-order valence-corrected chi connectivity index (χ1v) is 7.47. The third-order valence-electron chi connectivity index (χ3n) is 4.32. The van der Waals surface area contributed by atoms with Gasteiger partial charge in [0, 0.05) is 18.0 Å². The second-order valence-corrected chi connectivity index (χ2v) is 6.98. The molecular formula is C15H24ClN3. The van der Waals surface area contributed by atoms with Crippen LogP contribution in [0.2, 0.25) is 5.15 Å². The van der Waals surface area contributed by atoms with Gasteiger partial charge in [-0.25, -0.2) is 9.97 Å². The van der Waals surface area contributed by atoms with E-state index in [9.17, 15) is 0 Å². The summed E-state index contributed by atoms with van der Waals surface area (Å²) in [6, 6.07) is 0. The summed E-state index contributed by atoms with van der Waals surface area (Å²) in [6.07, 6.45) is 2.38. The van der Waals surface area contributed by atoms with Gasteiger partial charge in [0.1, 0.15) is 16.8 Å². The summed E-state index contributed by atoms with van der Waals surface area (Å²) in [6.45, 7) is 11.9. The van der Waals surface area contributed by atoms with Gasteiger partial charge in [0.05, 0.1) is 0 Å². The Morgan fingerprint density at radius 1 is 1.32 bits per heavy atom. The normalized spacial score (nSPS) is 15.9. The fourth-order valence-corrected chi connectivity index (χ4v) is 1.89. The second-order valence-electron chi connectivity index (χ2n) is 6.62. The van der Waals surface area contributed by atoms with Crippen LogP contribution >= 0.6 is 11.6 Å². The maximum atomic E-state index is 6.21. The number of anilines is 1. The zero-order valence-corrected chi connectivity index (χ0v) is 13.3. The topological polar surface area (TPSA) is 37.8 Å². The number of rotatable bonds is 5. The molecule has 106 valence electrons. The highest BCUT2D eigenvalue weighted by atomic mass is 35.5. The molecule has 1 aliphatic carbocycles. The highest BCUT2D eigenvalue weighted by Crippen LogP contribution is 2.39. The van der Waals surface area contributed by atoms with E-state index in [4.69, 9.17) is 11.6 Å². The minimum absolute atomic E-state index is 0.226. The molecule has 0 unspecified atom stereocenters. The summed E-state index contributed by atoms with van der Waals surface area (Å²) in [5.41, 5.74) is 1.18. The van der Waals surface area contributed by atoms with Crippen molar-refractivity contribution in [2.24, 2.45) is 11.3 Å². The molecule has 0 radical (unpaired) electrons. The van der Waals surface area contributed by atoms with Crippen molar-refractivity contribution in [2.75, 3.05) is 11.9 Å². The lowest BCUT2D eigenvalue weighted by atomic mass is 9.81. The lowest BCUT2D eigenvalue weighted by Crippen LogP contribution is -2.29. The smallest absolute Gasteiger partial charge is 0.137 e. The Morgan fingerprint density at radius 3 is 2.47 bits per heavy atom. The molecule has 1 aromatic rings. The van der Waals surface area contributed by atoms with Gasteiger partial charge in [-0.1, -0.05) is 39.3 Å². The van der Waals surface area contributed by atoms with Crippen LogP contribution in [0.4, 0.5) is 5.82 Å². The molecule has 1 saturated carbocycles. The van der Waals surface area contributed by atoms with Crippen LogP contribution in [-0.4, -0.2) is 16.5 Å². The lowest BCUT2D eigenvalue weighted by molar-refractivity contribution is 0.269. The molecule has 1 heterocycles. The third kappa shape index (κ3) is 3.38. The van der Waals surface area contributed by atoms with Gasteiger partial charge in [0.15, 0.2) is 0 Å². The summed E-state index contributed by atoms with van der Waals surface area (Å²) < 4.78 is 0. The summed E-state index contributed by atoms with van der Waals surface area (Å²) in [5, 5.41) is 4.05. The van der Waals surface area contributed by atoms with Crippen LogP contribution in [0.5, 0.6) is 0 Å². The van der Waals surface area contributed by atoms with Gasteiger partial charge in [-0.3, -0.25) is 0 Å². The van der Waals surface area contributed by atoms with Crippen molar-refractivity contribution in [3.8, 4) is 0 Å². The van der Waals surface area contributed by atoms with Crippen LogP contribution in [0.3, 0.4) is 0 Å². The van der Waals surface area contributed by atoms with E-state index < -0.39 is 0 Å². The van der Waals surface area contributed by atoms with Crippen molar-refractivity contribution >= 4 is 17.4 Å². The molecule has 0 aromatic carbocycles. The van der Waals surface area contributed by atoms with Crippen molar-refractivity contribution < 1.29 is 0 Å². The molecular weight excluding hydrogens is 258 g/mol. The zero-order chi connectivity index (χ0) is 14.2. The van der Waals surface area contributed by atoms with Gasteiger partial charge in [-0.15, -0.1) is 0 Å². The Labute approximate surface area is 121 Å². The molecule has 1 aromatic heterocycles. The van der Waals surface area contributed by atoms with Crippen molar-refractivity contribution in [3.05, 3.63) is 16.5 Å². The summed E-state index contributed by atoms with van der Waals surface area (Å²) in [7, 11) is 0. The molecule has 0 atom stereocenters. The SMILES string of the molecule is Cc1c(Cl)nc(C2CC2)nc1NCC(C)(C)C(C)C. The first-order valence-electron chi connectivity index (χ1n) is 7.09. The van der Waals surface area contributed by atoms with E-state index in [0.717, 1.165) is 23.8 Å². The van der Waals surface area contributed by atoms with Crippen molar-refractivity contribution in [2.45, 2.75) is 53.4 Å². The molecule has 4 heteroatoms. The van der Waals surface area contributed by atoms with Crippen LogP contribution in [0.25, 0.3) is 0 Å². The third-order valence-corrected chi connectivity index (χ3v) is 4.69. The van der Waals surface area contributed by atoms with Crippen molar-refractivity contribution in [1.82, 2.24) is 9.97 Å². The average molecular weight is 282 g/mol. The van der Waals surface area contributed by atoms with Crippen LogP contribution in [0.15, 0.2) is 0 Å². The Bertz CT molecular complexity index is 465. The van der Waals surface area contributed by atoms with Gasteiger partial charge < -0.3 is 5.32 Å². The average Bonchev–Trinajstić information content (AvgIpc) is 3.14. The van der Waals surface area contributed by atoms with E-state index in [1.807, 2.05) is 6.92 Å². The van der Waals surface area contributed by atoms with E-state index in [0.29, 0.717) is 17.0 Å². The summed E-state index contributed by atoms with van der Waals surface area (Å²) >= 11 is 6.21. The molecule has 2 rings (SSSR count). The zero-order valence-electron chi connectivity index (χ0n) is 12.5.